The summed E-state index contributed by atoms with van der Waals surface area (Å²) in [5.74, 6) is 0.0862. The van der Waals surface area contributed by atoms with Gasteiger partial charge in [-0.2, -0.15) is 0 Å². The first-order valence-corrected chi connectivity index (χ1v) is 10.2. The molecule has 31 heavy (non-hydrogen) atoms. The third-order valence-electron chi connectivity index (χ3n) is 5.33. The maximum Gasteiger partial charge on any atom is 0.278 e. The number of rotatable bonds is 7. The van der Waals surface area contributed by atoms with Crippen molar-refractivity contribution in [3.8, 4) is 5.75 Å². The summed E-state index contributed by atoms with van der Waals surface area (Å²) in [6.07, 6.45) is 0.603. The molecule has 0 atom stereocenters. The van der Waals surface area contributed by atoms with Gasteiger partial charge >= 0.3 is 0 Å². The molecule has 0 aliphatic carbocycles. The molecule has 3 aromatic carbocycles. The van der Waals surface area contributed by atoms with Crippen LogP contribution in [0.4, 0.5) is 5.69 Å². The maximum absolute atomic E-state index is 13.3. The number of ether oxygens (including phenoxy) is 1. The number of hydrogen-bond donors (Lipinski definition) is 1. The third kappa shape index (κ3) is 4.36. The standard InChI is InChI=1S/C26H24N2O3/c1-18-8-12-21(13-9-18)27-24-23(20-10-14-22(31-2)15-11-20)25(29)28(26(24)30)17-16-19-6-4-3-5-7-19/h3-15,27H,16-17H2,1-2H3. The normalized spacial score (nSPS) is 13.7. The van der Waals surface area contributed by atoms with Gasteiger partial charge in [-0.25, -0.2) is 0 Å². The summed E-state index contributed by atoms with van der Waals surface area (Å²) >= 11 is 0. The van der Waals surface area contributed by atoms with Crippen LogP contribution in [0.5, 0.6) is 5.75 Å². The monoisotopic (exact) mass is 412 g/mol. The van der Waals surface area contributed by atoms with Gasteiger partial charge in [-0.15, -0.1) is 0 Å². The Morgan fingerprint density at radius 3 is 2.16 bits per heavy atom. The zero-order chi connectivity index (χ0) is 21.8. The highest BCUT2D eigenvalue weighted by Crippen LogP contribution is 2.31. The van der Waals surface area contributed by atoms with Crippen LogP contribution in [0, 0.1) is 6.92 Å². The van der Waals surface area contributed by atoms with E-state index in [2.05, 4.69) is 5.32 Å². The van der Waals surface area contributed by atoms with Crippen molar-refractivity contribution in [3.63, 3.8) is 0 Å². The number of methoxy groups -OCH3 is 1. The molecule has 1 N–H and O–H groups in total. The molecular formula is C26H24N2O3. The Hall–Kier alpha value is -3.86. The number of carbonyl (C=O) groups excluding carboxylic acids is 2. The fraction of sp³-hybridized carbons (Fsp3) is 0.154. The van der Waals surface area contributed by atoms with E-state index in [0.29, 0.717) is 35.5 Å². The predicted molar refractivity (Wildman–Crippen MR) is 122 cm³/mol. The first-order chi connectivity index (χ1) is 15.1. The van der Waals surface area contributed by atoms with Crippen LogP contribution in [0.25, 0.3) is 5.57 Å². The van der Waals surface area contributed by atoms with Crippen LogP contribution in [0.3, 0.4) is 0 Å². The molecule has 1 aliphatic rings. The van der Waals surface area contributed by atoms with Gasteiger partial charge in [0.1, 0.15) is 11.4 Å². The SMILES string of the molecule is COc1ccc(C2=C(Nc3ccc(C)cc3)C(=O)N(CCc3ccccc3)C2=O)cc1. The van der Waals surface area contributed by atoms with Crippen molar-refractivity contribution in [1.29, 1.82) is 0 Å². The molecule has 156 valence electrons. The zero-order valence-electron chi connectivity index (χ0n) is 17.6. The van der Waals surface area contributed by atoms with E-state index in [0.717, 1.165) is 16.8 Å². The summed E-state index contributed by atoms with van der Waals surface area (Å²) in [6, 6.07) is 24.7. The van der Waals surface area contributed by atoms with Gasteiger partial charge in [-0.3, -0.25) is 14.5 Å². The molecule has 0 fully saturated rings. The molecule has 5 heteroatoms. The summed E-state index contributed by atoms with van der Waals surface area (Å²) in [5, 5.41) is 3.19. The van der Waals surface area contributed by atoms with E-state index in [9.17, 15) is 9.59 Å². The lowest BCUT2D eigenvalue weighted by Gasteiger charge is -2.15. The minimum absolute atomic E-state index is 0.291. The molecule has 0 bridgehead atoms. The molecule has 0 spiro atoms. The highest BCUT2D eigenvalue weighted by molar-refractivity contribution is 6.36. The number of anilines is 1. The Bertz CT molecular complexity index is 1120. The van der Waals surface area contributed by atoms with Crippen molar-refractivity contribution >= 4 is 23.1 Å². The molecule has 0 saturated carbocycles. The zero-order valence-corrected chi connectivity index (χ0v) is 17.6. The second kappa shape index (κ2) is 8.88. The van der Waals surface area contributed by atoms with Crippen molar-refractivity contribution in [1.82, 2.24) is 4.90 Å². The van der Waals surface area contributed by atoms with E-state index in [-0.39, 0.29) is 11.8 Å². The number of amides is 2. The summed E-state index contributed by atoms with van der Waals surface area (Å²) < 4.78 is 5.23. The van der Waals surface area contributed by atoms with E-state index in [1.165, 1.54) is 4.90 Å². The Morgan fingerprint density at radius 2 is 1.52 bits per heavy atom. The molecule has 5 nitrogen and oxygen atoms in total. The number of hydrogen-bond acceptors (Lipinski definition) is 4. The summed E-state index contributed by atoms with van der Waals surface area (Å²) in [4.78, 5) is 27.9. The Morgan fingerprint density at radius 1 is 0.839 bits per heavy atom. The molecule has 1 aliphatic heterocycles. The number of aryl methyl sites for hydroxylation is 1. The molecule has 4 rings (SSSR count). The van der Waals surface area contributed by atoms with Crippen LogP contribution in [-0.4, -0.2) is 30.4 Å². The predicted octanol–water partition coefficient (Wildman–Crippen LogP) is 4.44. The van der Waals surface area contributed by atoms with Gasteiger partial charge in [0.2, 0.25) is 0 Å². The smallest absolute Gasteiger partial charge is 0.278 e. The molecule has 1 heterocycles. The van der Waals surface area contributed by atoms with E-state index in [1.807, 2.05) is 61.5 Å². The lowest BCUT2D eigenvalue weighted by molar-refractivity contribution is -0.136. The Kier molecular flexibility index (Phi) is 5.85. The van der Waals surface area contributed by atoms with Gasteiger partial charge in [0, 0.05) is 12.2 Å². The minimum Gasteiger partial charge on any atom is -0.497 e. The van der Waals surface area contributed by atoms with Crippen molar-refractivity contribution < 1.29 is 14.3 Å². The Labute approximate surface area is 182 Å². The summed E-state index contributed by atoms with van der Waals surface area (Å²) in [7, 11) is 1.59. The van der Waals surface area contributed by atoms with Gasteiger partial charge in [0.25, 0.3) is 11.8 Å². The van der Waals surface area contributed by atoms with Crippen LogP contribution in [-0.2, 0) is 16.0 Å². The molecule has 0 unspecified atom stereocenters. The number of imide groups is 1. The van der Waals surface area contributed by atoms with Crippen molar-refractivity contribution in [2.24, 2.45) is 0 Å². The first-order valence-electron chi connectivity index (χ1n) is 10.2. The van der Waals surface area contributed by atoms with E-state index in [4.69, 9.17) is 4.74 Å². The first kappa shape index (κ1) is 20.4. The van der Waals surface area contributed by atoms with Crippen LogP contribution in [0.2, 0.25) is 0 Å². The topological polar surface area (TPSA) is 58.6 Å². The fourth-order valence-corrected chi connectivity index (χ4v) is 3.59. The van der Waals surface area contributed by atoms with Crippen LogP contribution in [0.15, 0.2) is 84.6 Å². The number of carbonyl (C=O) groups is 2. The Balaban J connectivity index is 1.66. The molecule has 3 aromatic rings. The van der Waals surface area contributed by atoms with Gasteiger partial charge in [-0.1, -0.05) is 60.2 Å². The highest BCUT2D eigenvalue weighted by atomic mass is 16.5. The highest BCUT2D eigenvalue weighted by Gasteiger charge is 2.38. The number of benzene rings is 3. The van der Waals surface area contributed by atoms with Gasteiger partial charge in [0.15, 0.2) is 0 Å². The van der Waals surface area contributed by atoms with Gasteiger partial charge in [-0.05, 0) is 48.7 Å². The second-order valence-corrected chi connectivity index (χ2v) is 7.47. The van der Waals surface area contributed by atoms with Crippen molar-refractivity contribution in [2.45, 2.75) is 13.3 Å². The van der Waals surface area contributed by atoms with E-state index >= 15 is 0 Å². The molecule has 0 aromatic heterocycles. The average molecular weight is 412 g/mol. The van der Waals surface area contributed by atoms with Gasteiger partial charge in [0.05, 0.1) is 12.7 Å². The maximum atomic E-state index is 13.3. The van der Waals surface area contributed by atoms with Crippen LogP contribution in [0.1, 0.15) is 16.7 Å². The lowest BCUT2D eigenvalue weighted by atomic mass is 10.0. The quantitative estimate of drug-likeness (QED) is 0.583. The van der Waals surface area contributed by atoms with Crippen LogP contribution >= 0.6 is 0 Å². The fourth-order valence-electron chi connectivity index (χ4n) is 3.59. The number of nitrogens with zero attached hydrogens (tertiary/aromatic N) is 1. The molecule has 2 amide bonds. The lowest BCUT2D eigenvalue weighted by Crippen LogP contribution is -2.34. The minimum atomic E-state index is -0.313. The van der Waals surface area contributed by atoms with E-state index in [1.54, 1.807) is 31.4 Å². The molecule has 0 radical (unpaired) electrons. The van der Waals surface area contributed by atoms with Gasteiger partial charge < -0.3 is 10.1 Å². The molecule has 0 saturated heterocycles. The molecular weight excluding hydrogens is 388 g/mol. The number of nitrogens with one attached hydrogen (secondary N) is 1. The largest absolute Gasteiger partial charge is 0.497 e. The van der Waals surface area contributed by atoms with E-state index < -0.39 is 0 Å². The average Bonchev–Trinajstić information content (AvgIpc) is 3.03. The summed E-state index contributed by atoms with van der Waals surface area (Å²) in [6.45, 7) is 2.32. The second-order valence-electron chi connectivity index (χ2n) is 7.47. The van der Waals surface area contributed by atoms with Crippen molar-refractivity contribution in [2.75, 3.05) is 19.0 Å². The summed E-state index contributed by atoms with van der Waals surface area (Å²) in [5.41, 5.74) is 4.31. The van der Waals surface area contributed by atoms with Crippen molar-refractivity contribution in [3.05, 3.63) is 101 Å². The third-order valence-corrected chi connectivity index (χ3v) is 5.33. The van der Waals surface area contributed by atoms with Crippen LogP contribution < -0.4 is 10.1 Å².